The second-order valence-electron chi connectivity index (χ2n) is 13.6. The predicted octanol–water partition coefficient (Wildman–Crippen LogP) is 3.33. The molecule has 45 heavy (non-hydrogen) atoms. The Morgan fingerprint density at radius 1 is 1.20 bits per heavy atom. The number of nitrogen functional groups attached to an aromatic ring is 1. The van der Waals surface area contributed by atoms with Gasteiger partial charge in [-0.3, -0.25) is 4.90 Å². The topological polar surface area (TPSA) is 139 Å². The molecule has 5 heterocycles. The molecule has 0 saturated carbocycles. The molecule has 12 heteroatoms. The summed E-state index contributed by atoms with van der Waals surface area (Å²) in [5, 5.41) is 18.3. The lowest BCUT2D eigenvalue weighted by Gasteiger charge is -2.49. The van der Waals surface area contributed by atoms with Gasteiger partial charge in [0.25, 0.3) is 0 Å². The normalized spacial score (nSPS) is 26.0. The van der Waals surface area contributed by atoms with E-state index in [-0.39, 0.29) is 22.9 Å². The number of nitrogens with two attached hydrogens (primary N) is 1. The van der Waals surface area contributed by atoms with Crippen molar-refractivity contribution in [2.45, 2.75) is 75.0 Å². The van der Waals surface area contributed by atoms with Crippen LogP contribution in [0.25, 0.3) is 11.5 Å². The monoisotopic (exact) mass is 614 g/mol. The maximum absolute atomic E-state index is 14.7. The highest BCUT2D eigenvalue weighted by Gasteiger charge is 2.50. The van der Waals surface area contributed by atoms with E-state index in [1.54, 1.807) is 0 Å². The quantitative estimate of drug-likeness (QED) is 0.409. The fourth-order valence-corrected chi connectivity index (χ4v) is 8.53. The zero-order chi connectivity index (χ0) is 30.9. The Morgan fingerprint density at radius 3 is 2.82 bits per heavy atom. The second-order valence-corrected chi connectivity index (χ2v) is 13.6. The molecule has 5 aliphatic rings. The van der Waals surface area contributed by atoms with Crippen molar-refractivity contribution in [1.29, 1.82) is 5.26 Å². The van der Waals surface area contributed by atoms with Crippen molar-refractivity contribution in [3.8, 4) is 23.5 Å². The first-order valence-electron chi connectivity index (χ1n) is 16.2. The summed E-state index contributed by atoms with van der Waals surface area (Å²) in [7, 11) is 2.15. The fourth-order valence-electron chi connectivity index (χ4n) is 8.53. The zero-order valence-corrected chi connectivity index (χ0v) is 25.9. The summed E-state index contributed by atoms with van der Waals surface area (Å²) in [5.74, 6) is 1.94. The van der Waals surface area contributed by atoms with Crippen LogP contribution in [0.1, 0.15) is 67.0 Å². The highest BCUT2D eigenvalue weighted by molar-refractivity contribution is 5.69. The van der Waals surface area contributed by atoms with Crippen LogP contribution in [-0.2, 0) is 23.0 Å². The van der Waals surface area contributed by atoms with Gasteiger partial charge in [0.15, 0.2) is 17.3 Å². The maximum Gasteiger partial charge on any atom is 0.219 e. The van der Waals surface area contributed by atoms with Gasteiger partial charge in [0.05, 0.1) is 35.4 Å². The zero-order valence-electron chi connectivity index (χ0n) is 25.9. The van der Waals surface area contributed by atoms with Crippen LogP contribution < -0.4 is 20.7 Å². The first kappa shape index (κ1) is 28.7. The standard InChI is InChI=1S/C33H39FN8O3/c1-19(24-6-4-11-41(24)2)44-26-14-25(42-12-10-37-32(16-42)17-43-18-32)38-31(39-26)29-21-5-3-8-33(30(21)45-40-29)9-7-20-13-23(34)28(36)22(15-35)27(20)33/h13-14,19,24,37H,3-12,16-18,36H2,1-2H3. The predicted molar refractivity (Wildman–Crippen MR) is 165 cm³/mol. The number of aryl methyl sites for hydroxylation is 1. The number of hydrogen-bond acceptors (Lipinski definition) is 11. The number of nitriles is 1. The van der Waals surface area contributed by atoms with E-state index in [2.05, 4.69) is 40.3 Å². The number of rotatable bonds is 5. The van der Waals surface area contributed by atoms with Crippen LogP contribution in [0.3, 0.4) is 0 Å². The van der Waals surface area contributed by atoms with Crippen LogP contribution in [-0.4, -0.2) is 84.1 Å². The van der Waals surface area contributed by atoms with Crippen LogP contribution in [0.15, 0.2) is 16.7 Å². The SMILES string of the molecule is CC(Oc1cc(N2CCNC3(COC3)C2)nc(-c2noc3c2CCCC32CCc3cc(F)c(N)c(C#N)c32)n1)C1CCCN1C. The van der Waals surface area contributed by atoms with Crippen LogP contribution >= 0.6 is 0 Å². The molecule has 2 aliphatic carbocycles. The number of anilines is 2. The minimum absolute atomic E-state index is 0.0535. The molecule has 1 aromatic carbocycles. The number of ether oxygens (including phenoxy) is 2. The number of aromatic nitrogens is 3. The molecule has 0 radical (unpaired) electrons. The van der Waals surface area contributed by atoms with Gasteiger partial charge in [0.1, 0.15) is 23.8 Å². The summed E-state index contributed by atoms with van der Waals surface area (Å²) >= 11 is 0. The van der Waals surface area contributed by atoms with Crippen molar-refractivity contribution < 1.29 is 18.4 Å². The molecule has 11 nitrogen and oxygen atoms in total. The molecule has 3 fully saturated rings. The summed E-state index contributed by atoms with van der Waals surface area (Å²) in [5.41, 5.74) is 8.70. The smallest absolute Gasteiger partial charge is 0.219 e. The van der Waals surface area contributed by atoms with Gasteiger partial charge in [0, 0.05) is 37.3 Å². The van der Waals surface area contributed by atoms with Gasteiger partial charge >= 0.3 is 0 Å². The first-order valence-corrected chi connectivity index (χ1v) is 16.2. The molecule has 3 unspecified atom stereocenters. The molecule has 3 aromatic rings. The minimum atomic E-state index is -0.589. The average molecular weight is 615 g/mol. The van der Waals surface area contributed by atoms with Gasteiger partial charge in [-0.15, -0.1) is 0 Å². The van der Waals surface area contributed by atoms with Gasteiger partial charge in [-0.05, 0) is 82.7 Å². The number of likely N-dealkylation sites (N-methyl/N-ethyl adjacent to an activating group) is 1. The molecule has 0 bridgehead atoms. The van der Waals surface area contributed by atoms with E-state index in [0.717, 1.165) is 86.6 Å². The molecular weight excluding hydrogens is 575 g/mol. The van der Waals surface area contributed by atoms with Crippen LogP contribution in [0, 0.1) is 17.1 Å². The Bertz CT molecular complexity index is 1700. The summed E-state index contributed by atoms with van der Waals surface area (Å²) in [6, 6.07) is 5.95. The minimum Gasteiger partial charge on any atom is -0.473 e. The Morgan fingerprint density at radius 2 is 2.07 bits per heavy atom. The Kier molecular flexibility index (Phi) is 6.78. The summed E-state index contributed by atoms with van der Waals surface area (Å²) in [6.07, 6.45) is 5.90. The van der Waals surface area contributed by atoms with Crippen LogP contribution in [0.2, 0.25) is 0 Å². The van der Waals surface area contributed by atoms with Crippen LogP contribution in [0.5, 0.6) is 5.88 Å². The molecule has 8 rings (SSSR count). The second kappa shape index (κ2) is 10.6. The molecule has 3 N–H and O–H groups in total. The lowest BCUT2D eigenvalue weighted by molar-refractivity contribution is -0.0743. The third-order valence-electron chi connectivity index (χ3n) is 10.8. The first-order chi connectivity index (χ1) is 21.8. The van der Waals surface area contributed by atoms with Crippen molar-refractivity contribution >= 4 is 11.5 Å². The van der Waals surface area contributed by atoms with Gasteiger partial charge in [-0.1, -0.05) is 5.16 Å². The van der Waals surface area contributed by atoms with E-state index in [9.17, 15) is 9.65 Å². The van der Waals surface area contributed by atoms with Gasteiger partial charge in [0.2, 0.25) is 5.88 Å². The lowest BCUT2D eigenvalue weighted by atomic mass is 9.68. The van der Waals surface area contributed by atoms with E-state index in [0.29, 0.717) is 49.5 Å². The van der Waals surface area contributed by atoms with E-state index < -0.39 is 11.2 Å². The van der Waals surface area contributed by atoms with E-state index in [1.807, 2.05) is 6.07 Å². The molecule has 3 aliphatic heterocycles. The van der Waals surface area contributed by atoms with Crippen molar-refractivity contribution in [1.82, 2.24) is 25.3 Å². The Balaban J connectivity index is 1.21. The summed E-state index contributed by atoms with van der Waals surface area (Å²) in [6.45, 7) is 6.92. The summed E-state index contributed by atoms with van der Waals surface area (Å²) in [4.78, 5) is 14.7. The fraction of sp³-hybridized carbons (Fsp3) is 0.576. The van der Waals surface area contributed by atoms with E-state index in [4.69, 9.17) is 29.7 Å². The molecule has 2 spiro atoms. The van der Waals surface area contributed by atoms with E-state index in [1.165, 1.54) is 6.07 Å². The third-order valence-corrected chi connectivity index (χ3v) is 10.8. The number of nitrogens with one attached hydrogen (secondary N) is 1. The van der Waals surface area contributed by atoms with Gasteiger partial charge in [-0.2, -0.15) is 10.2 Å². The Labute approximate surface area is 261 Å². The lowest BCUT2D eigenvalue weighted by Crippen LogP contribution is -2.70. The number of halogens is 1. The third kappa shape index (κ3) is 4.50. The van der Waals surface area contributed by atoms with Crippen molar-refractivity contribution in [2.24, 2.45) is 0 Å². The average Bonchev–Trinajstić information content (AvgIpc) is 3.75. The molecule has 2 aromatic heterocycles. The largest absolute Gasteiger partial charge is 0.473 e. The van der Waals surface area contributed by atoms with Crippen molar-refractivity contribution in [2.75, 3.05) is 57.1 Å². The molecule has 3 atom stereocenters. The van der Waals surface area contributed by atoms with E-state index >= 15 is 0 Å². The molecule has 0 amide bonds. The highest BCUT2D eigenvalue weighted by atomic mass is 19.1. The molecule has 3 saturated heterocycles. The number of hydrogen-bond donors (Lipinski definition) is 2. The number of benzene rings is 1. The van der Waals surface area contributed by atoms with Gasteiger partial charge in [-0.25, -0.2) is 9.37 Å². The number of nitrogens with zero attached hydrogens (tertiary/aromatic N) is 6. The maximum atomic E-state index is 14.7. The Hall–Kier alpha value is -3.79. The number of likely N-dealkylation sites (tertiary alicyclic amines) is 1. The number of fused-ring (bicyclic) bond motifs is 4. The van der Waals surface area contributed by atoms with Gasteiger partial charge < -0.3 is 29.9 Å². The molecule has 236 valence electrons. The van der Waals surface area contributed by atoms with Crippen LogP contribution in [0.4, 0.5) is 15.9 Å². The van der Waals surface area contributed by atoms with Crippen molar-refractivity contribution in [3.05, 3.63) is 46.0 Å². The highest BCUT2D eigenvalue weighted by Crippen LogP contribution is 2.54. The summed E-state index contributed by atoms with van der Waals surface area (Å²) < 4.78 is 33.0. The number of piperazine rings is 1. The molecular formula is C33H39FN8O3. The van der Waals surface area contributed by atoms with Crippen molar-refractivity contribution in [3.63, 3.8) is 0 Å².